The summed E-state index contributed by atoms with van der Waals surface area (Å²) in [7, 11) is 0. The van der Waals surface area contributed by atoms with E-state index in [1.807, 2.05) is 18.4 Å². The molecule has 0 spiro atoms. The highest BCUT2D eigenvalue weighted by Gasteiger charge is 2.13. The van der Waals surface area contributed by atoms with E-state index in [2.05, 4.69) is 16.5 Å². The topological polar surface area (TPSA) is 55.1 Å². The molecule has 0 fully saturated rings. The van der Waals surface area contributed by atoms with E-state index in [1.165, 1.54) is 11.1 Å². The Morgan fingerprint density at radius 2 is 2.50 bits per heavy atom. The van der Waals surface area contributed by atoms with Crippen molar-refractivity contribution in [2.45, 2.75) is 19.4 Å². The number of aromatic nitrogens is 1. The van der Waals surface area contributed by atoms with Crippen molar-refractivity contribution in [3.8, 4) is 0 Å². The lowest BCUT2D eigenvalue weighted by Gasteiger charge is -2.11. The van der Waals surface area contributed by atoms with Crippen LogP contribution in [0.1, 0.15) is 22.4 Å². The van der Waals surface area contributed by atoms with E-state index < -0.39 is 0 Å². The second-order valence-electron chi connectivity index (χ2n) is 3.53. The molecule has 4 nitrogen and oxygen atoms in total. The van der Waals surface area contributed by atoms with Crippen LogP contribution in [0, 0.1) is 0 Å². The van der Waals surface area contributed by atoms with Crippen LogP contribution in [-0.4, -0.2) is 17.1 Å². The maximum atomic E-state index is 11.6. The van der Waals surface area contributed by atoms with Gasteiger partial charge in [-0.1, -0.05) is 11.2 Å². The summed E-state index contributed by atoms with van der Waals surface area (Å²) in [6.45, 7) is 1.97. The summed E-state index contributed by atoms with van der Waals surface area (Å²) in [6.07, 6.45) is 2.29. The van der Waals surface area contributed by atoms with Crippen LogP contribution in [0.25, 0.3) is 0 Å². The van der Waals surface area contributed by atoms with E-state index in [9.17, 15) is 4.79 Å². The molecule has 0 aromatic carbocycles. The maximum Gasteiger partial charge on any atom is 0.290 e. The first-order chi connectivity index (χ1) is 7.75. The van der Waals surface area contributed by atoms with Crippen LogP contribution in [0.2, 0.25) is 0 Å². The van der Waals surface area contributed by atoms with E-state index in [0.717, 1.165) is 6.42 Å². The Labute approximate surface area is 97.3 Å². The number of hydrogen-bond donors (Lipinski definition) is 1. The van der Waals surface area contributed by atoms with Gasteiger partial charge in [-0.15, -0.1) is 11.3 Å². The molecular weight excluding hydrogens is 224 g/mol. The van der Waals surface area contributed by atoms with E-state index in [1.54, 1.807) is 17.4 Å². The number of nitrogens with zero attached hydrogens (tertiary/aromatic N) is 1. The molecule has 2 aromatic rings. The molecular formula is C11H12N2O2S. The lowest BCUT2D eigenvalue weighted by Crippen LogP contribution is -2.33. The van der Waals surface area contributed by atoms with Crippen LogP contribution < -0.4 is 5.32 Å². The third kappa shape index (κ3) is 2.70. The van der Waals surface area contributed by atoms with Crippen molar-refractivity contribution in [2.24, 2.45) is 0 Å². The minimum absolute atomic E-state index is 0.0799. The number of rotatable bonds is 4. The SMILES string of the molecule is CC(Cc1cccs1)NC(=O)c1ccno1. The lowest BCUT2D eigenvalue weighted by molar-refractivity contribution is 0.0903. The summed E-state index contributed by atoms with van der Waals surface area (Å²) in [6, 6.07) is 5.69. The minimum Gasteiger partial charge on any atom is -0.351 e. The summed E-state index contributed by atoms with van der Waals surface area (Å²) < 4.78 is 4.77. The number of carbonyl (C=O) groups excluding carboxylic acids is 1. The fourth-order valence-corrected chi connectivity index (χ4v) is 2.24. The summed E-state index contributed by atoms with van der Waals surface area (Å²) in [5.41, 5.74) is 0. The monoisotopic (exact) mass is 236 g/mol. The highest BCUT2D eigenvalue weighted by Crippen LogP contribution is 2.11. The molecule has 84 valence electrons. The van der Waals surface area contributed by atoms with Crippen LogP contribution in [0.3, 0.4) is 0 Å². The van der Waals surface area contributed by atoms with Gasteiger partial charge in [-0.05, 0) is 18.4 Å². The van der Waals surface area contributed by atoms with Gasteiger partial charge >= 0.3 is 0 Å². The molecule has 2 rings (SSSR count). The average Bonchev–Trinajstić information content (AvgIpc) is 2.88. The highest BCUT2D eigenvalue weighted by molar-refractivity contribution is 7.09. The number of thiophene rings is 1. The zero-order valence-electron chi connectivity index (χ0n) is 8.84. The molecule has 1 amide bonds. The third-order valence-electron chi connectivity index (χ3n) is 2.13. The van der Waals surface area contributed by atoms with Gasteiger partial charge < -0.3 is 9.84 Å². The van der Waals surface area contributed by atoms with Crippen molar-refractivity contribution in [1.29, 1.82) is 0 Å². The molecule has 0 saturated heterocycles. The Kier molecular flexibility index (Phi) is 3.36. The van der Waals surface area contributed by atoms with E-state index in [0.29, 0.717) is 0 Å². The zero-order chi connectivity index (χ0) is 11.4. The van der Waals surface area contributed by atoms with Gasteiger partial charge in [0.05, 0.1) is 6.20 Å². The molecule has 1 atom stereocenters. The fraction of sp³-hybridized carbons (Fsp3) is 0.273. The Bertz CT molecular complexity index is 437. The van der Waals surface area contributed by atoms with Crippen LogP contribution in [0.15, 0.2) is 34.3 Å². The molecule has 0 aliphatic rings. The number of carbonyl (C=O) groups is 1. The van der Waals surface area contributed by atoms with Gasteiger partial charge in [0.2, 0.25) is 5.76 Å². The van der Waals surface area contributed by atoms with Gasteiger partial charge in [0.15, 0.2) is 0 Å². The molecule has 1 N–H and O–H groups in total. The molecule has 5 heteroatoms. The quantitative estimate of drug-likeness (QED) is 0.884. The smallest absolute Gasteiger partial charge is 0.290 e. The normalized spacial score (nSPS) is 12.3. The maximum absolute atomic E-state index is 11.6. The van der Waals surface area contributed by atoms with E-state index in [4.69, 9.17) is 4.52 Å². The van der Waals surface area contributed by atoms with Crippen LogP contribution >= 0.6 is 11.3 Å². The molecule has 0 aliphatic heterocycles. The first kappa shape index (κ1) is 10.9. The van der Waals surface area contributed by atoms with Crippen molar-refractivity contribution in [2.75, 3.05) is 0 Å². The largest absolute Gasteiger partial charge is 0.351 e. The second kappa shape index (κ2) is 4.94. The molecule has 0 saturated carbocycles. The first-order valence-corrected chi connectivity index (χ1v) is 5.87. The van der Waals surface area contributed by atoms with Gasteiger partial charge in [0.1, 0.15) is 0 Å². The first-order valence-electron chi connectivity index (χ1n) is 4.99. The van der Waals surface area contributed by atoms with Gasteiger partial charge in [0.25, 0.3) is 5.91 Å². The number of hydrogen-bond acceptors (Lipinski definition) is 4. The zero-order valence-corrected chi connectivity index (χ0v) is 9.66. The Hall–Kier alpha value is -1.62. The molecule has 0 radical (unpaired) electrons. The van der Waals surface area contributed by atoms with Gasteiger partial charge in [-0.2, -0.15) is 0 Å². The summed E-state index contributed by atoms with van der Waals surface area (Å²) in [5.74, 6) is 0.0274. The van der Waals surface area contributed by atoms with Crippen molar-refractivity contribution in [1.82, 2.24) is 10.5 Å². The molecule has 16 heavy (non-hydrogen) atoms. The minimum atomic E-state index is -0.221. The van der Waals surface area contributed by atoms with Crippen LogP contribution in [0.4, 0.5) is 0 Å². The Morgan fingerprint density at radius 3 is 3.12 bits per heavy atom. The molecule has 2 aromatic heterocycles. The van der Waals surface area contributed by atoms with Crippen molar-refractivity contribution >= 4 is 17.2 Å². The predicted molar refractivity (Wildman–Crippen MR) is 61.5 cm³/mol. The fourth-order valence-electron chi connectivity index (χ4n) is 1.41. The lowest BCUT2D eigenvalue weighted by atomic mass is 10.2. The van der Waals surface area contributed by atoms with E-state index in [-0.39, 0.29) is 17.7 Å². The van der Waals surface area contributed by atoms with Crippen molar-refractivity contribution < 1.29 is 9.32 Å². The van der Waals surface area contributed by atoms with Gasteiger partial charge in [-0.25, -0.2) is 0 Å². The molecule has 1 unspecified atom stereocenters. The standard InChI is InChI=1S/C11H12N2O2S/c1-8(7-9-3-2-6-16-9)13-11(14)10-4-5-12-15-10/h2-6,8H,7H2,1H3,(H,13,14). The van der Waals surface area contributed by atoms with Crippen LogP contribution in [0.5, 0.6) is 0 Å². The summed E-state index contributed by atoms with van der Waals surface area (Å²) in [5, 5.41) is 8.38. The third-order valence-corrected chi connectivity index (χ3v) is 3.03. The Balaban J connectivity index is 1.88. The number of nitrogens with one attached hydrogen (secondary N) is 1. The number of amides is 1. The van der Waals surface area contributed by atoms with Gasteiger partial charge in [0, 0.05) is 23.4 Å². The summed E-state index contributed by atoms with van der Waals surface area (Å²) >= 11 is 1.69. The summed E-state index contributed by atoms with van der Waals surface area (Å²) in [4.78, 5) is 12.9. The highest BCUT2D eigenvalue weighted by atomic mass is 32.1. The predicted octanol–water partition coefficient (Wildman–Crippen LogP) is 2.10. The van der Waals surface area contributed by atoms with E-state index >= 15 is 0 Å². The molecule has 0 aliphatic carbocycles. The van der Waals surface area contributed by atoms with Crippen LogP contribution in [-0.2, 0) is 6.42 Å². The molecule has 0 bridgehead atoms. The van der Waals surface area contributed by atoms with Crippen molar-refractivity contribution in [3.63, 3.8) is 0 Å². The average molecular weight is 236 g/mol. The Morgan fingerprint density at radius 1 is 1.62 bits per heavy atom. The molecule has 2 heterocycles. The second-order valence-corrected chi connectivity index (χ2v) is 4.57. The van der Waals surface area contributed by atoms with Crippen molar-refractivity contribution in [3.05, 3.63) is 40.4 Å². The van der Waals surface area contributed by atoms with Gasteiger partial charge in [-0.3, -0.25) is 4.79 Å².